The monoisotopic (exact) mass is 302 g/mol. The average molecular weight is 302 g/mol. The first-order chi connectivity index (χ1) is 9.50. The lowest BCUT2D eigenvalue weighted by Gasteiger charge is -2.42. The van der Waals surface area contributed by atoms with Crippen molar-refractivity contribution < 1.29 is 8.42 Å². The van der Waals surface area contributed by atoms with Gasteiger partial charge in [0.2, 0.25) is 0 Å². The van der Waals surface area contributed by atoms with E-state index in [1.807, 2.05) is 0 Å². The molecule has 118 valence electrons. The largest absolute Gasteiger partial charge is 0.314 e. The lowest BCUT2D eigenvalue weighted by Crippen LogP contribution is -2.55. The predicted octanol–water partition coefficient (Wildman–Crippen LogP) is 1.66. The van der Waals surface area contributed by atoms with Crippen LogP contribution in [0.25, 0.3) is 0 Å². The van der Waals surface area contributed by atoms with Crippen molar-refractivity contribution in [1.29, 1.82) is 0 Å². The number of nitrogens with one attached hydrogen (secondary N) is 1. The van der Waals surface area contributed by atoms with Gasteiger partial charge >= 0.3 is 0 Å². The zero-order chi connectivity index (χ0) is 14.6. The summed E-state index contributed by atoms with van der Waals surface area (Å²) in [7, 11) is -2.91. The summed E-state index contributed by atoms with van der Waals surface area (Å²) in [5.74, 6) is 1.08. The highest BCUT2D eigenvalue weighted by molar-refractivity contribution is 7.92. The number of hydrogen-bond donors (Lipinski definition) is 1. The molecule has 0 amide bonds. The van der Waals surface area contributed by atoms with Crippen LogP contribution in [0.5, 0.6) is 0 Å². The molecule has 4 nitrogen and oxygen atoms in total. The first-order valence-corrected chi connectivity index (χ1v) is 9.88. The summed E-state index contributed by atoms with van der Waals surface area (Å²) in [5.41, 5.74) is 0. The van der Waals surface area contributed by atoms with Crippen LogP contribution in [0.1, 0.15) is 46.0 Å². The zero-order valence-electron chi connectivity index (χ0n) is 13.0. The quantitative estimate of drug-likeness (QED) is 0.839. The molecule has 2 fully saturated rings. The van der Waals surface area contributed by atoms with Crippen molar-refractivity contribution in [3.8, 4) is 0 Å². The summed E-state index contributed by atoms with van der Waals surface area (Å²) in [5, 5.41) is 3.24. The highest BCUT2D eigenvalue weighted by atomic mass is 32.2. The van der Waals surface area contributed by atoms with Crippen molar-refractivity contribution in [3.63, 3.8) is 0 Å². The molecule has 5 heteroatoms. The number of sulfone groups is 1. The molecule has 0 bridgehead atoms. The van der Waals surface area contributed by atoms with E-state index in [2.05, 4.69) is 10.2 Å². The maximum atomic E-state index is 12.0. The molecule has 20 heavy (non-hydrogen) atoms. The van der Waals surface area contributed by atoms with E-state index in [1.165, 1.54) is 32.1 Å². The van der Waals surface area contributed by atoms with Crippen LogP contribution in [0.4, 0.5) is 0 Å². The summed E-state index contributed by atoms with van der Waals surface area (Å²) < 4.78 is 24.0. The van der Waals surface area contributed by atoms with Gasteiger partial charge in [-0.1, -0.05) is 19.3 Å². The molecule has 0 radical (unpaired) electrons. The Morgan fingerprint density at radius 2 is 1.90 bits per heavy atom. The van der Waals surface area contributed by atoms with Crippen LogP contribution in [-0.2, 0) is 9.84 Å². The molecule has 0 aromatic heterocycles. The Hall–Kier alpha value is -0.130. The van der Waals surface area contributed by atoms with Gasteiger partial charge in [-0.15, -0.1) is 0 Å². The Bertz CT molecular complexity index is 389. The van der Waals surface area contributed by atoms with Gasteiger partial charge in [-0.25, -0.2) is 8.42 Å². The molecule has 1 atom stereocenters. The molecule has 0 aromatic rings. The summed E-state index contributed by atoms with van der Waals surface area (Å²) in [6.45, 7) is 7.30. The molecule has 0 spiro atoms. The van der Waals surface area contributed by atoms with Crippen molar-refractivity contribution in [2.75, 3.05) is 31.9 Å². The second-order valence-corrected chi connectivity index (χ2v) is 9.30. The predicted molar refractivity (Wildman–Crippen MR) is 83.7 cm³/mol. The van der Waals surface area contributed by atoms with Crippen molar-refractivity contribution in [2.45, 2.75) is 57.2 Å². The average Bonchev–Trinajstić information content (AvgIpc) is 2.46. The molecule has 1 saturated carbocycles. The Balaban J connectivity index is 1.93. The van der Waals surface area contributed by atoms with Crippen molar-refractivity contribution in [2.24, 2.45) is 5.92 Å². The van der Waals surface area contributed by atoms with E-state index in [-0.39, 0.29) is 5.25 Å². The lowest BCUT2D eigenvalue weighted by atomic mass is 9.82. The molecule has 1 heterocycles. The van der Waals surface area contributed by atoms with Crippen molar-refractivity contribution in [1.82, 2.24) is 10.2 Å². The van der Waals surface area contributed by atoms with Crippen LogP contribution >= 0.6 is 0 Å². The third-order valence-corrected chi connectivity index (χ3v) is 7.16. The molecule has 1 aliphatic heterocycles. The molecule has 1 unspecified atom stereocenters. The van der Waals surface area contributed by atoms with Gasteiger partial charge < -0.3 is 5.32 Å². The minimum atomic E-state index is -2.91. The highest BCUT2D eigenvalue weighted by Crippen LogP contribution is 2.29. The second kappa shape index (κ2) is 7.23. The fraction of sp³-hybridized carbons (Fsp3) is 1.00. The third kappa shape index (κ3) is 4.18. The molecule has 1 aliphatic carbocycles. The van der Waals surface area contributed by atoms with Gasteiger partial charge in [0.25, 0.3) is 0 Å². The van der Waals surface area contributed by atoms with E-state index in [1.54, 1.807) is 13.8 Å². The Labute approximate surface area is 124 Å². The number of nitrogens with zero attached hydrogens (tertiary/aromatic N) is 1. The van der Waals surface area contributed by atoms with Gasteiger partial charge in [-0.3, -0.25) is 4.90 Å². The van der Waals surface area contributed by atoms with Gasteiger partial charge in [0.15, 0.2) is 9.84 Å². The molecule has 0 aromatic carbocycles. The number of rotatable bonds is 5. The molecular formula is C15H30N2O2S. The van der Waals surface area contributed by atoms with E-state index in [4.69, 9.17) is 0 Å². The Kier molecular flexibility index (Phi) is 5.87. The standard InChI is InChI=1S/C15H30N2O2S/c1-13(2)20(18,19)11-10-17-9-8-16-12-15(17)14-6-4-3-5-7-14/h13-16H,3-12H2,1-2H3. The van der Waals surface area contributed by atoms with Crippen LogP contribution in [0, 0.1) is 5.92 Å². The topological polar surface area (TPSA) is 49.4 Å². The lowest BCUT2D eigenvalue weighted by molar-refractivity contribution is 0.0985. The fourth-order valence-corrected chi connectivity index (χ4v) is 4.47. The molecule has 2 aliphatic rings. The van der Waals surface area contributed by atoms with E-state index in [0.29, 0.717) is 18.3 Å². The Morgan fingerprint density at radius 1 is 1.20 bits per heavy atom. The molecule has 1 N–H and O–H groups in total. The van der Waals surface area contributed by atoms with Crippen LogP contribution in [-0.4, -0.2) is 56.5 Å². The van der Waals surface area contributed by atoms with Crippen LogP contribution < -0.4 is 5.32 Å². The number of piperazine rings is 1. The SMILES string of the molecule is CC(C)S(=O)(=O)CCN1CCNCC1C1CCCCC1. The van der Waals surface area contributed by atoms with Gasteiger partial charge in [0, 0.05) is 32.2 Å². The highest BCUT2D eigenvalue weighted by Gasteiger charge is 2.31. The zero-order valence-corrected chi connectivity index (χ0v) is 13.8. The fourth-order valence-electron chi connectivity index (χ4n) is 3.51. The van der Waals surface area contributed by atoms with Gasteiger partial charge in [-0.05, 0) is 32.6 Å². The summed E-state index contributed by atoms with van der Waals surface area (Å²) >= 11 is 0. The van der Waals surface area contributed by atoms with Crippen LogP contribution in [0.2, 0.25) is 0 Å². The van der Waals surface area contributed by atoms with E-state index < -0.39 is 9.84 Å². The Morgan fingerprint density at radius 3 is 2.55 bits per heavy atom. The first-order valence-electron chi connectivity index (χ1n) is 8.17. The van der Waals surface area contributed by atoms with Crippen molar-refractivity contribution in [3.05, 3.63) is 0 Å². The van der Waals surface area contributed by atoms with E-state index >= 15 is 0 Å². The number of hydrogen-bond acceptors (Lipinski definition) is 4. The maximum absolute atomic E-state index is 12.0. The van der Waals surface area contributed by atoms with Crippen LogP contribution in [0.15, 0.2) is 0 Å². The van der Waals surface area contributed by atoms with E-state index in [0.717, 1.165) is 25.6 Å². The third-order valence-electron chi connectivity index (χ3n) is 4.97. The summed E-state index contributed by atoms with van der Waals surface area (Å²) in [6.07, 6.45) is 6.70. The van der Waals surface area contributed by atoms with E-state index in [9.17, 15) is 8.42 Å². The smallest absolute Gasteiger partial charge is 0.153 e. The normalized spacial score (nSPS) is 27.1. The molecule has 2 rings (SSSR count). The van der Waals surface area contributed by atoms with Gasteiger partial charge in [-0.2, -0.15) is 0 Å². The molecular weight excluding hydrogens is 272 g/mol. The van der Waals surface area contributed by atoms with Gasteiger partial charge in [0.1, 0.15) is 0 Å². The minimum absolute atomic E-state index is 0.251. The first kappa shape index (κ1) is 16.2. The van der Waals surface area contributed by atoms with Crippen LogP contribution in [0.3, 0.4) is 0 Å². The summed E-state index contributed by atoms with van der Waals surface area (Å²) in [4.78, 5) is 2.44. The van der Waals surface area contributed by atoms with Crippen molar-refractivity contribution >= 4 is 9.84 Å². The van der Waals surface area contributed by atoms with Gasteiger partial charge in [0.05, 0.1) is 11.0 Å². The second-order valence-electron chi connectivity index (χ2n) is 6.62. The molecule has 1 saturated heterocycles. The summed E-state index contributed by atoms with van der Waals surface area (Å²) in [6, 6.07) is 0.548. The minimum Gasteiger partial charge on any atom is -0.314 e. The maximum Gasteiger partial charge on any atom is 0.153 e.